The van der Waals surface area contributed by atoms with E-state index in [0.29, 0.717) is 0 Å². The van der Waals surface area contributed by atoms with Crippen molar-refractivity contribution in [1.29, 1.82) is 0 Å². The van der Waals surface area contributed by atoms with Crippen LogP contribution in [0.5, 0.6) is 0 Å². The summed E-state index contributed by atoms with van der Waals surface area (Å²) in [6, 6.07) is -0.760. The molecule has 1 atom stereocenters. The molecule has 1 saturated heterocycles. The van der Waals surface area contributed by atoms with E-state index in [-0.39, 0.29) is 13.2 Å². The maximum absolute atomic E-state index is 11.9. The Balaban J connectivity index is 2.92. The fraction of sp³-hybridized carbons (Fsp3) is 0.600. The van der Waals surface area contributed by atoms with Gasteiger partial charge in [0.25, 0.3) is 0 Å². The maximum atomic E-state index is 11.9. The van der Waals surface area contributed by atoms with E-state index < -0.39 is 36.2 Å². The van der Waals surface area contributed by atoms with Gasteiger partial charge in [0.15, 0.2) is 0 Å². The van der Waals surface area contributed by atoms with Crippen LogP contribution in [0, 0.1) is 5.92 Å². The van der Waals surface area contributed by atoms with Gasteiger partial charge in [-0.05, 0) is 0 Å². The molecular weight excluding hydrogens is 244 g/mol. The number of carboxylic acid groups (broad SMARTS) is 1. The van der Waals surface area contributed by atoms with Gasteiger partial charge < -0.3 is 9.84 Å². The molecule has 8 heteroatoms. The molecule has 0 aromatic heterocycles. The molecular formula is C10H14N2O6. The summed E-state index contributed by atoms with van der Waals surface area (Å²) in [7, 11) is 2.62. The second kappa shape index (κ2) is 5.58. The topological polar surface area (TPSA) is 104 Å². The number of urea groups is 1. The van der Waals surface area contributed by atoms with Crippen LogP contribution in [0.1, 0.15) is 6.42 Å². The molecule has 0 aliphatic carbocycles. The highest BCUT2D eigenvalue weighted by atomic mass is 16.5. The van der Waals surface area contributed by atoms with Gasteiger partial charge in [0.2, 0.25) is 11.8 Å². The van der Waals surface area contributed by atoms with Crippen molar-refractivity contribution in [2.75, 3.05) is 27.3 Å². The number of aliphatic carboxylic acids is 1. The Morgan fingerprint density at radius 1 is 1.33 bits per heavy atom. The first kappa shape index (κ1) is 14.1. The fourth-order valence-corrected chi connectivity index (χ4v) is 1.63. The van der Waals surface area contributed by atoms with Crippen LogP contribution in [0.3, 0.4) is 0 Å². The lowest BCUT2D eigenvalue weighted by molar-refractivity contribution is -0.154. The minimum Gasteiger partial charge on any atom is -0.481 e. The Labute approximate surface area is 103 Å². The molecule has 8 nitrogen and oxygen atoms in total. The predicted octanol–water partition coefficient (Wildman–Crippen LogP) is -0.856. The molecule has 1 aliphatic rings. The number of hydrogen-bond acceptors (Lipinski definition) is 5. The van der Waals surface area contributed by atoms with Gasteiger partial charge in [-0.2, -0.15) is 0 Å². The third-order valence-electron chi connectivity index (χ3n) is 2.61. The van der Waals surface area contributed by atoms with E-state index in [0.717, 1.165) is 9.80 Å². The highest BCUT2D eigenvalue weighted by Gasteiger charge is 2.44. The summed E-state index contributed by atoms with van der Waals surface area (Å²) < 4.78 is 4.75. The van der Waals surface area contributed by atoms with Gasteiger partial charge in [0.1, 0.15) is 5.92 Å². The van der Waals surface area contributed by atoms with Crippen LogP contribution >= 0.6 is 0 Å². The number of methoxy groups -OCH3 is 1. The van der Waals surface area contributed by atoms with E-state index in [9.17, 15) is 19.2 Å². The Morgan fingerprint density at radius 3 is 2.44 bits per heavy atom. The van der Waals surface area contributed by atoms with Gasteiger partial charge in [-0.15, -0.1) is 0 Å². The van der Waals surface area contributed by atoms with Crippen LogP contribution in [0.4, 0.5) is 4.79 Å². The quantitative estimate of drug-likeness (QED) is 0.644. The Hall–Kier alpha value is -1.96. The second-order valence-corrected chi connectivity index (χ2v) is 3.81. The summed E-state index contributed by atoms with van der Waals surface area (Å²) in [6.45, 7) is 0.112. The number of hydrogen-bond donors (Lipinski definition) is 1. The van der Waals surface area contributed by atoms with Crippen molar-refractivity contribution in [3.8, 4) is 0 Å². The number of imide groups is 2. The third-order valence-corrected chi connectivity index (χ3v) is 2.61. The minimum absolute atomic E-state index is 0.0120. The molecule has 1 rings (SSSR count). The summed E-state index contributed by atoms with van der Waals surface area (Å²) in [6.07, 6.45) is -0.626. The van der Waals surface area contributed by atoms with Crippen molar-refractivity contribution >= 4 is 23.8 Å². The van der Waals surface area contributed by atoms with Crippen LogP contribution in [-0.2, 0) is 19.1 Å². The van der Waals surface area contributed by atoms with E-state index in [1.165, 1.54) is 14.2 Å². The van der Waals surface area contributed by atoms with Crippen molar-refractivity contribution in [1.82, 2.24) is 9.80 Å². The number of rotatable bonds is 5. The molecule has 0 aromatic carbocycles. The standard InChI is InChI=1S/C10H14N2O6/c1-11-8(15)6(5-7(13)14)9(16)12(10(11)17)3-4-18-2/h6H,3-5H2,1-2H3,(H,13,14). The first-order valence-corrected chi connectivity index (χ1v) is 5.23. The molecule has 0 bridgehead atoms. The number of carboxylic acids is 1. The maximum Gasteiger partial charge on any atom is 0.333 e. The van der Waals surface area contributed by atoms with E-state index in [2.05, 4.69) is 0 Å². The summed E-state index contributed by atoms with van der Waals surface area (Å²) >= 11 is 0. The van der Waals surface area contributed by atoms with Crippen LogP contribution in [0.2, 0.25) is 0 Å². The zero-order chi connectivity index (χ0) is 13.9. The van der Waals surface area contributed by atoms with Crippen molar-refractivity contribution < 1.29 is 29.0 Å². The van der Waals surface area contributed by atoms with Gasteiger partial charge in [0.05, 0.1) is 19.6 Å². The number of nitrogens with zero attached hydrogens (tertiary/aromatic N) is 2. The lowest BCUT2D eigenvalue weighted by atomic mass is 10.00. The van der Waals surface area contributed by atoms with Crippen LogP contribution < -0.4 is 0 Å². The second-order valence-electron chi connectivity index (χ2n) is 3.81. The fourth-order valence-electron chi connectivity index (χ4n) is 1.63. The lowest BCUT2D eigenvalue weighted by Crippen LogP contribution is -2.59. The van der Waals surface area contributed by atoms with Gasteiger partial charge in [0, 0.05) is 14.2 Å². The molecule has 1 fully saturated rings. The first-order chi connectivity index (χ1) is 8.40. The minimum atomic E-state index is -1.35. The molecule has 1 heterocycles. The van der Waals surface area contributed by atoms with Crippen molar-refractivity contribution in [3.05, 3.63) is 0 Å². The number of amides is 4. The Morgan fingerprint density at radius 2 is 1.94 bits per heavy atom. The Kier molecular flexibility index (Phi) is 4.38. The predicted molar refractivity (Wildman–Crippen MR) is 57.5 cm³/mol. The van der Waals surface area contributed by atoms with Gasteiger partial charge in [-0.1, -0.05) is 0 Å². The van der Waals surface area contributed by atoms with Crippen LogP contribution in [0.25, 0.3) is 0 Å². The summed E-state index contributed by atoms with van der Waals surface area (Å²) in [4.78, 5) is 47.4. The Bertz CT molecular complexity index is 394. The molecule has 1 unspecified atom stereocenters. The van der Waals surface area contributed by atoms with E-state index in [1.54, 1.807) is 0 Å². The summed E-state index contributed by atoms with van der Waals surface area (Å²) in [5.74, 6) is -4.19. The summed E-state index contributed by atoms with van der Waals surface area (Å²) in [5, 5.41) is 8.66. The average molecular weight is 258 g/mol. The van der Waals surface area contributed by atoms with Crippen molar-refractivity contribution in [3.63, 3.8) is 0 Å². The van der Waals surface area contributed by atoms with Gasteiger partial charge >= 0.3 is 12.0 Å². The molecule has 18 heavy (non-hydrogen) atoms. The monoisotopic (exact) mass is 258 g/mol. The summed E-state index contributed by atoms with van der Waals surface area (Å²) in [5.41, 5.74) is 0. The number of ether oxygens (including phenoxy) is 1. The molecule has 1 N–H and O–H groups in total. The lowest BCUT2D eigenvalue weighted by Gasteiger charge is -2.34. The van der Waals surface area contributed by atoms with Gasteiger partial charge in [-0.25, -0.2) is 4.79 Å². The van der Waals surface area contributed by atoms with E-state index in [4.69, 9.17) is 9.84 Å². The van der Waals surface area contributed by atoms with Gasteiger partial charge in [-0.3, -0.25) is 24.2 Å². The molecule has 4 amide bonds. The van der Waals surface area contributed by atoms with E-state index >= 15 is 0 Å². The number of carbonyl (C=O) groups excluding carboxylic acids is 3. The smallest absolute Gasteiger partial charge is 0.333 e. The highest BCUT2D eigenvalue weighted by molar-refractivity contribution is 6.16. The largest absolute Gasteiger partial charge is 0.481 e. The zero-order valence-electron chi connectivity index (χ0n) is 10.1. The normalized spacial score (nSPS) is 20.6. The number of barbiturate groups is 1. The van der Waals surface area contributed by atoms with Crippen LogP contribution in [-0.4, -0.2) is 66.0 Å². The molecule has 1 aliphatic heterocycles. The van der Waals surface area contributed by atoms with Crippen molar-refractivity contribution in [2.45, 2.75) is 6.42 Å². The van der Waals surface area contributed by atoms with E-state index in [1.807, 2.05) is 0 Å². The third kappa shape index (κ3) is 2.65. The SMILES string of the molecule is COCCN1C(=O)C(CC(=O)O)C(=O)N(C)C1=O. The molecule has 0 radical (unpaired) electrons. The molecule has 0 aromatic rings. The first-order valence-electron chi connectivity index (χ1n) is 5.23. The molecule has 0 spiro atoms. The van der Waals surface area contributed by atoms with Crippen LogP contribution in [0.15, 0.2) is 0 Å². The number of carbonyl (C=O) groups is 4. The molecule has 100 valence electrons. The average Bonchev–Trinajstić information content (AvgIpc) is 2.32. The molecule has 0 saturated carbocycles. The van der Waals surface area contributed by atoms with Crippen molar-refractivity contribution in [2.24, 2.45) is 5.92 Å². The zero-order valence-corrected chi connectivity index (χ0v) is 10.1. The highest BCUT2D eigenvalue weighted by Crippen LogP contribution is 2.19.